The molecule has 1 heterocycles. The van der Waals surface area contributed by atoms with E-state index in [1.165, 1.54) is 12.5 Å². The minimum atomic E-state index is -0.460. The molecule has 1 aliphatic rings. The number of nitrogens with one attached hydrogen (secondary N) is 1. The summed E-state index contributed by atoms with van der Waals surface area (Å²) in [6.45, 7) is 4.63. The lowest BCUT2D eigenvalue weighted by molar-refractivity contribution is -0.151. The number of esters is 1. The number of amides is 1. The van der Waals surface area contributed by atoms with Gasteiger partial charge in [-0.05, 0) is 23.3 Å². The summed E-state index contributed by atoms with van der Waals surface area (Å²) in [6, 6.07) is 17.1. The smallest absolute Gasteiger partial charge is 0.308 e. The Morgan fingerprint density at radius 3 is 2.58 bits per heavy atom. The van der Waals surface area contributed by atoms with E-state index in [1.54, 1.807) is 19.2 Å². The Balaban J connectivity index is 1.50. The molecule has 31 heavy (non-hydrogen) atoms. The van der Waals surface area contributed by atoms with Crippen LogP contribution in [-0.2, 0) is 25.6 Å². The van der Waals surface area contributed by atoms with Crippen LogP contribution >= 0.6 is 0 Å². The van der Waals surface area contributed by atoms with Crippen molar-refractivity contribution in [2.75, 3.05) is 33.4 Å². The zero-order chi connectivity index (χ0) is 22.1. The number of carbonyl (C=O) groups excluding carboxylic acids is 2. The van der Waals surface area contributed by atoms with Gasteiger partial charge in [-0.1, -0.05) is 42.5 Å². The van der Waals surface area contributed by atoms with Crippen LogP contribution in [0.3, 0.4) is 0 Å². The molecular formula is C24H30N2O5. The second-order valence-corrected chi connectivity index (χ2v) is 7.63. The van der Waals surface area contributed by atoms with Crippen LogP contribution in [0.2, 0.25) is 0 Å². The third kappa shape index (κ3) is 7.38. The number of methoxy groups -OCH3 is 1. The fourth-order valence-electron chi connectivity index (χ4n) is 3.61. The number of rotatable bonds is 9. The summed E-state index contributed by atoms with van der Waals surface area (Å²) in [7, 11) is 1.59. The topological polar surface area (TPSA) is 77.1 Å². The number of hydrogen-bond donors (Lipinski definition) is 1. The lowest BCUT2D eigenvalue weighted by atomic mass is 10.0. The number of hydrogen-bond acceptors (Lipinski definition) is 6. The Hall–Kier alpha value is -2.90. The first-order valence-electron chi connectivity index (χ1n) is 10.5. The predicted octanol–water partition coefficient (Wildman–Crippen LogP) is 2.71. The van der Waals surface area contributed by atoms with Gasteiger partial charge in [-0.25, -0.2) is 0 Å². The minimum Gasteiger partial charge on any atom is -0.497 e. The van der Waals surface area contributed by atoms with Crippen molar-refractivity contribution >= 4 is 11.9 Å². The molecule has 166 valence electrons. The zero-order valence-electron chi connectivity index (χ0n) is 18.1. The van der Waals surface area contributed by atoms with Gasteiger partial charge in [-0.2, -0.15) is 0 Å². The van der Waals surface area contributed by atoms with E-state index in [2.05, 4.69) is 22.3 Å². The van der Waals surface area contributed by atoms with Crippen LogP contribution in [0.5, 0.6) is 5.75 Å². The third-order valence-corrected chi connectivity index (χ3v) is 5.17. The molecular weight excluding hydrogens is 396 g/mol. The second-order valence-electron chi connectivity index (χ2n) is 7.63. The molecule has 0 radical (unpaired) electrons. The van der Waals surface area contributed by atoms with Gasteiger partial charge in [0, 0.05) is 26.6 Å². The molecule has 1 N–H and O–H groups in total. The molecule has 7 heteroatoms. The number of ether oxygens (including phenoxy) is 3. The molecule has 0 aromatic heterocycles. The van der Waals surface area contributed by atoms with Crippen molar-refractivity contribution < 1.29 is 23.8 Å². The first-order valence-corrected chi connectivity index (χ1v) is 10.5. The van der Waals surface area contributed by atoms with E-state index in [-0.39, 0.29) is 31.0 Å². The van der Waals surface area contributed by atoms with Gasteiger partial charge >= 0.3 is 5.97 Å². The van der Waals surface area contributed by atoms with E-state index in [0.29, 0.717) is 18.9 Å². The van der Waals surface area contributed by atoms with Gasteiger partial charge in [0.2, 0.25) is 5.91 Å². The highest BCUT2D eigenvalue weighted by Gasteiger charge is 2.23. The summed E-state index contributed by atoms with van der Waals surface area (Å²) in [6.07, 6.45) is -0.117. The fourth-order valence-corrected chi connectivity index (χ4v) is 3.61. The summed E-state index contributed by atoms with van der Waals surface area (Å²) in [5.41, 5.74) is 2.06. The average Bonchev–Trinajstić information content (AvgIpc) is 2.78. The zero-order valence-corrected chi connectivity index (χ0v) is 18.1. The van der Waals surface area contributed by atoms with Crippen molar-refractivity contribution in [1.29, 1.82) is 0 Å². The van der Waals surface area contributed by atoms with Gasteiger partial charge < -0.3 is 19.5 Å². The molecule has 2 aromatic carbocycles. The predicted molar refractivity (Wildman–Crippen MR) is 117 cm³/mol. The maximum atomic E-state index is 12.5. The highest BCUT2D eigenvalue weighted by atomic mass is 16.6. The standard InChI is InChI=1S/C24H30N2O5/c1-18(27)25-23(20-8-10-21(29-2)11-9-20)14-24(28)31-17-22-16-26(12-13-30-22)15-19-6-4-3-5-7-19/h3-11,22-23H,12-17H2,1-2H3,(H,25,27). The Bertz CT molecular complexity index is 841. The van der Waals surface area contributed by atoms with E-state index in [9.17, 15) is 9.59 Å². The van der Waals surface area contributed by atoms with Gasteiger partial charge in [0.15, 0.2) is 0 Å². The van der Waals surface area contributed by atoms with E-state index >= 15 is 0 Å². The van der Waals surface area contributed by atoms with Crippen molar-refractivity contribution in [3.63, 3.8) is 0 Å². The first kappa shape index (κ1) is 22.8. The van der Waals surface area contributed by atoms with Crippen molar-refractivity contribution in [3.8, 4) is 5.75 Å². The fraction of sp³-hybridized carbons (Fsp3) is 0.417. The van der Waals surface area contributed by atoms with Crippen LogP contribution < -0.4 is 10.1 Å². The summed E-state index contributed by atoms with van der Waals surface area (Å²) in [4.78, 5) is 26.4. The molecule has 2 aromatic rings. The second kappa shape index (κ2) is 11.5. The highest BCUT2D eigenvalue weighted by Crippen LogP contribution is 2.21. The average molecular weight is 427 g/mol. The van der Waals surface area contributed by atoms with Gasteiger partial charge in [-0.15, -0.1) is 0 Å². The number of morpholine rings is 1. The molecule has 1 aliphatic heterocycles. The van der Waals surface area contributed by atoms with Crippen molar-refractivity contribution in [2.24, 2.45) is 0 Å². The summed E-state index contributed by atoms with van der Waals surface area (Å²) < 4.78 is 16.4. The Kier molecular flexibility index (Phi) is 8.44. The van der Waals surface area contributed by atoms with E-state index in [0.717, 1.165) is 18.7 Å². The van der Waals surface area contributed by atoms with E-state index in [4.69, 9.17) is 14.2 Å². The van der Waals surface area contributed by atoms with Crippen molar-refractivity contribution in [3.05, 3.63) is 65.7 Å². The van der Waals surface area contributed by atoms with E-state index in [1.807, 2.05) is 30.3 Å². The number of nitrogens with zero attached hydrogens (tertiary/aromatic N) is 1. The van der Waals surface area contributed by atoms with Crippen molar-refractivity contribution in [2.45, 2.75) is 32.0 Å². The Morgan fingerprint density at radius 2 is 1.90 bits per heavy atom. The largest absolute Gasteiger partial charge is 0.497 e. The maximum Gasteiger partial charge on any atom is 0.308 e. The third-order valence-electron chi connectivity index (χ3n) is 5.17. The van der Waals surface area contributed by atoms with Crippen LogP contribution in [0.1, 0.15) is 30.5 Å². The van der Waals surface area contributed by atoms with Crippen LogP contribution in [0, 0.1) is 0 Å². The summed E-state index contributed by atoms with van der Waals surface area (Å²) >= 11 is 0. The van der Waals surface area contributed by atoms with Crippen molar-refractivity contribution in [1.82, 2.24) is 10.2 Å². The monoisotopic (exact) mass is 426 g/mol. The lowest BCUT2D eigenvalue weighted by Gasteiger charge is -2.32. The molecule has 0 aliphatic carbocycles. The molecule has 1 amide bonds. The molecule has 7 nitrogen and oxygen atoms in total. The normalized spacial score (nSPS) is 17.5. The SMILES string of the molecule is COc1ccc(C(CC(=O)OCC2CN(Cc3ccccc3)CCO2)NC(C)=O)cc1. The maximum absolute atomic E-state index is 12.5. The number of carbonyl (C=O) groups is 2. The molecule has 0 bridgehead atoms. The van der Waals surface area contributed by atoms with Gasteiger partial charge in [-0.3, -0.25) is 14.5 Å². The van der Waals surface area contributed by atoms with Gasteiger partial charge in [0.25, 0.3) is 0 Å². The molecule has 1 saturated heterocycles. The van der Waals surface area contributed by atoms with Crippen LogP contribution in [-0.4, -0.2) is 56.3 Å². The van der Waals surface area contributed by atoms with Gasteiger partial charge in [0.1, 0.15) is 18.5 Å². The van der Waals surface area contributed by atoms with Crippen LogP contribution in [0.15, 0.2) is 54.6 Å². The quantitative estimate of drug-likeness (QED) is 0.622. The molecule has 2 unspecified atom stereocenters. The van der Waals surface area contributed by atoms with E-state index < -0.39 is 6.04 Å². The first-order chi connectivity index (χ1) is 15.0. The highest BCUT2D eigenvalue weighted by molar-refractivity contribution is 5.76. The molecule has 0 spiro atoms. The Labute approximate surface area is 183 Å². The summed E-state index contributed by atoms with van der Waals surface area (Å²) in [5.74, 6) is 0.126. The summed E-state index contributed by atoms with van der Waals surface area (Å²) in [5, 5.41) is 2.82. The molecule has 2 atom stereocenters. The molecule has 3 rings (SSSR count). The van der Waals surface area contributed by atoms with Gasteiger partial charge in [0.05, 0.1) is 26.2 Å². The lowest BCUT2D eigenvalue weighted by Crippen LogP contribution is -2.44. The number of benzene rings is 2. The molecule has 0 saturated carbocycles. The Morgan fingerprint density at radius 1 is 1.16 bits per heavy atom. The van der Waals surface area contributed by atoms with Crippen LogP contribution in [0.4, 0.5) is 0 Å². The molecule has 1 fully saturated rings. The van der Waals surface area contributed by atoms with Crippen LogP contribution in [0.25, 0.3) is 0 Å². The minimum absolute atomic E-state index is 0.0480.